The molecule has 0 aliphatic rings. The normalized spacial score (nSPS) is 10.4. The Labute approximate surface area is 160 Å². The largest absolute Gasteiger partial charge is 0.362 e. The molecule has 0 amide bonds. The summed E-state index contributed by atoms with van der Waals surface area (Å²) in [6, 6.07) is 14.1. The standard InChI is InChI=1S/C17H18BrClN2S2/c1-12-10-15(6-7-16(12)18)21-17(22)20-8-9-23-11-13-2-4-14(19)5-3-13/h2-7,10H,8-9,11H2,1H3,(H2,20,21,22). The molecule has 2 aromatic carbocycles. The van der Waals surface area contributed by atoms with Crippen molar-refractivity contribution in [1.82, 2.24) is 5.32 Å². The van der Waals surface area contributed by atoms with Crippen LogP contribution in [0.15, 0.2) is 46.9 Å². The van der Waals surface area contributed by atoms with Crippen molar-refractivity contribution in [3.05, 3.63) is 63.1 Å². The average molecular weight is 430 g/mol. The lowest BCUT2D eigenvalue weighted by atomic mass is 10.2. The minimum absolute atomic E-state index is 0.652. The van der Waals surface area contributed by atoms with Gasteiger partial charge in [-0.3, -0.25) is 0 Å². The van der Waals surface area contributed by atoms with Crippen molar-refractivity contribution < 1.29 is 0 Å². The molecule has 2 N–H and O–H groups in total. The first-order chi connectivity index (χ1) is 11.0. The van der Waals surface area contributed by atoms with E-state index in [1.54, 1.807) is 0 Å². The molecule has 0 unspecified atom stereocenters. The number of thioether (sulfide) groups is 1. The van der Waals surface area contributed by atoms with Gasteiger partial charge in [0.25, 0.3) is 0 Å². The molecular weight excluding hydrogens is 412 g/mol. The summed E-state index contributed by atoms with van der Waals surface area (Å²) in [7, 11) is 0. The second-order valence-electron chi connectivity index (χ2n) is 5.02. The van der Waals surface area contributed by atoms with Crippen LogP contribution < -0.4 is 10.6 Å². The van der Waals surface area contributed by atoms with Crippen molar-refractivity contribution in [3.8, 4) is 0 Å². The molecule has 0 saturated heterocycles. The Morgan fingerprint density at radius 3 is 2.65 bits per heavy atom. The summed E-state index contributed by atoms with van der Waals surface area (Å²) in [6.45, 7) is 2.89. The van der Waals surface area contributed by atoms with E-state index in [0.717, 1.165) is 33.2 Å². The fraction of sp³-hybridized carbons (Fsp3) is 0.235. The minimum atomic E-state index is 0.652. The van der Waals surface area contributed by atoms with Gasteiger partial charge in [-0.2, -0.15) is 11.8 Å². The van der Waals surface area contributed by atoms with E-state index in [2.05, 4.69) is 51.7 Å². The molecule has 0 radical (unpaired) electrons. The fourth-order valence-corrected chi connectivity index (χ4v) is 3.32. The van der Waals surface area contributed by atoms with Gasteiger partial charge in [0.1, 0.15) is 0 Å². The van der Waals surface area contributed by atoms with Crippen LogP contribution in [0.2, 0.25) is 5.02 Å². The summed E-state index contributed by atoms with van der Waals surface area (Å²) in [5.41, 5.74) is 3.46. The van der Waals surface area contributed by atoms with Gasteiger partial charge < -0.3 is 10.6 Å². The predicted octanol–water partition coefficient (Wildman–Crippen LogP) is 5.63. The number of halogens is 2. The SMILES string of the molecule is Cc1cc(NC(=S)NCCSCc2ccc(Cl)cc2)ccc1Br. The topological polar surface area (TPSA) is 24.1 Å². The summed E-state index contributed by atoms with van der Waals surface area (Å²) in [4.78, 5) is 0. The van der Waals surface area contributed by atoms with Gasteiger partial charge in [-0.1, -0.05) is 39.7 Å². The first-order valence-corrected chi connectivity index (χ1v) is 9.91. The van der Waals surface area contributed by atoms with Gasteiger partial charge in [0.15, 0.2) is 5.11 Å². The summed E-state index contributed by atoms with van der Waals surface area (Å²) >= 11 is 16.5. The van der Waals surface area contributed by atoms with E-state index in [9.17, 15) is 0 Å². The maximum absolute atomic E-state index is 5.87. The number of aryl methyl sites for hydroxylation is 1. The first-order valence-electron chi connectivity index (χ1n) is 7.18. The van der Waals surface area contributed by atoms with Crippen molar-refractivity contribution in [2.45, 2.75) is 12.7 Å². The van der Waals surface area contributed by atoms with Crippen molar-refractivity contribution >= 4 is 62.3 Å². The van der Waals surface area contributed by atoms with E-state index in [4.69, 9.17) is 23.8 Å². The molecule has 0 atom stereocenters. The Balaban J connectivity index is 1.64. The lowest BCUT2D eigenvalue weighted by Gasteiger charge is -2.11. The molecule has 23 heavy (non-hydrogen) atoms. The molecule has 0 aromatic heterocycles. The molecule has 0 aliphatic carbocycles. The predicted molar refractivity (Wildman–Crippen MR) is 111 cm³/mol. The molecule has 122 valence electrons. The number of rotatable bonds is 6. The number of nitrogens with one attached hydrogen (secondary N) is 2. The van der Waals surface area contributed by atoms with E-state index >= 15 is 0 Å². The van der Waals surface area contributed by atoms with Crippen LogP contribution in [0.5, 0.6) is 0 Å². The Hall–Kier alpha value is -0.750. The Morgan fingerprint density at radius 1 is 1.22 bits per heavy atom. The van der Waals surface area contributed by atoms with E-state index in [-0.39, 0.29) is 0 Å². The van der Waals surface area contributed by atoms with Gasteiger partial charge in [0.2, 0.25) is 0 Å². The molecule has 0 heterocycles. The molecule has 0 fully saturated rings. The van der Waals surface area contributed by atoms with Crippen LogP contribution in [0.4, 0.5) is 5.69 Å². The smallest absolute Gasteiger partial charge is 0.170 e. The molecule has 0 saturated carbocycles. The van der Waals surface area contributed by atoms with Gasteiger partial charge >= 0.3 is 0 Å². The Bertz CT molecular complexity index is 662. The van der Waals surface area contributed by atoms with Crippen LogP contribution in [-0.4, -0.2) is 17.4 Å². The molecule has 0 aliphatic heterocycles. The van der Waals surface area contributed by atoms with Crippen LogP contribution in [0.1, 0.15) is 11.1 Å². The highest BCUT2D eigenvalue weighted by Gasteiger charge is 2.00. The van der Waals surface area contributed by atoms with Crippen molar-refractivity contribution in [2.24, 2.45) is 0 Å². The monoisotopic (exact) mass is 428 g/mol. The summed E-state index contributed by atoms with van der Waals surface area (Å²) in [5, 5.41) is 7.86. The van der Waals surface area contributed by atoms with Crippen LogP contribution in [0, 0.1) is 6.92 Å². The van der Waals surface area contributed by atoms with Crippen LogP contribution in [0.25, 0.3) is 0 Å². The number of thiocarbonyl (C=S) groups is 1. The van der Waals surface area contributed by atoms with Gasteiger partial charge in [-0.15, -0.1) is 0 Å². The summed E-state index contributed by atoms with van der Waals surface area (Å²) in [5.74, 6) is 1.97. The van der Waals surface area contributed by atoms with Crippen LogP contribution in [-0.2, 0) is 5.75 Å². The number of anilines is 1. The van der Waals surface area contributed by atoms with Crippen molar-refractivity contribution in [2.75, 3.05) is 17.6 Å². The summed E-state index contributed by atoms with van der Waals surface area (Å²) in [6.07, 6.45) is 0. The second kappa shape index (κ2) is 9.52. The highest BCUT2D eigenvalue weighted by atomic mass is 79.9. The van der Waals surface area contributed by atoms with E-state index < -0.39 is 0 Å². The highest BCUT2D eigenvalue weighted by molar-refractivity contribution is 9.10. The Kier molecular flexibility index (Phi) is 7.70. The molecule has 2 nitrogen and oxygen atoms in total. The number of benzene rings is 2. The maximum atomic E-state index is 5.87. The third kappa shape index (κ3) is 6.71. The molecule has 2 aromatic rings. The van der Waals surface area contributed by atoms with Gasteiger partial charge in [-0.25, -0.2) is 0 Å². The quantitative estimate of drug-likeness (QED) is 0.459. The van der Waals surface area contributed by atoms with Crippen molar-refractivity contribution in [3.63, 3.8) is 0 Å². The fourth-order valence-electron chi connectivity index (χ4n) is 1.91. The van der Waals surface area contributed by atoms with E-state index in [1.807, 2.05) is 36.0 Å². The zero-order valence-electron chi connectivity index (χ0n) is 12.7. The summed E-state index contributed by atoms with van der Waals surface area (Å²) < 4.78 is 1.10. The van der Waals surface area contributed by atoms with Crippen LogP contribution >= 0.6 is 51.5 Å². The van der Waals surface area contributed by atoms with Gasteiger partial charge in [-0.05, 0) is 60.6 Å². The first kappa shape index (κ1) is 18.6. The average Bonchev–Trinajstić information content (AvgIpc) is 2.52. The van der Waals surface area contributed by atoms with Gasteiger partial charge in [0.05, 0.1) is 0 Å². The lowest BCUT2D eigenvalue weighted by molar-refractivity contribution is 0.989. The highest BCUT2D eigenvalue weighted by Crippen LogP contribution is 2.20. The zero-order valence-corrected chi connectivity index (χ0v) is 16.7. The van der Waals surface area contributed by atoms with E-state index in [0.29, 0.717) is 5.11 Å². The number of hydrogen-bond acceptors (Lipinski definition) is 2. The molecule has 0 spiro atoms. The zero-order chi connectivity index (χ0) is 16.7. The number of hydrogen-bond donors (Lipinski definition) is 2. The minimum Gasteiger partial charge on any atom is -0.362 e. The Morgan fingerprint density at radius 2 is 1.96 bits per heavy atom. The van der Waals surface area contributed by atoms with Crippen molar-refractivity contribution in [1.29, 1.82) is 0 Å². The van der Waals surface area contributed by atoms with E-state index in [1.165, 1.54) is 11.1 Å². The molecule has 6 heteroatoms. The maximum Gasteiger partial charge on any atom is 0.170 e. The molecular formula is C17H18BrClN2S2. The second-order valence-corrected chi connectivity index (χ2v) is 7.83. The lowest BCUT2D eigenvalue weighted by Crippen LogP contribution is -2.30. The third-order valence-electron chi connectivity index (χ3n) is 3.13. The van der Waals surface area contributed by atoms with Gasteiger partial charge in [0, 0.05) is 33.2 Å². The molecule has 0 bridgehead atoms. The third-order valence-corrected chi connectivity index (χ3v) is 5.55. The molecule has 2 rings (SSSR count). The van der Waals surface area contributed by atoms with Crippen LogP contribution in [0.3, 0.4) is 0 Å².